The third-order valence-electron chi connectivity index (χ3n) is 6.78. The second-order valence-corrected chi connectivity index (χ2v) is 8.73. The van der Waals surface area contributed by atoms with Crippen LogP contribution in [0.1, 0.15) is 41.2 Å². The Bertz CT molecular complexity index is 1020. The highest BCUT2D eigenvalue weighted by atomic mass is 35.5. The van der Waals surface area contributed by atoms with Crippen molar-refractivity contribution in [1.82, 2.24) is 15.2 Å². The van der Waals surface area contributed by atoms with E-state index in [0.29, 0.717) is 37.2 Å². The van der Waals surface area contributed by atoms with E-state index in [0.717, 1.165) is 38.0 Å². The average Bonchev–Trinajstić information content (AvgIpc) is 2.76. The van der Waals surface area contributed by atoms with Gasteiger partial charge in [-0.05, 0) is 56.0 Å². The van der Waals surface area contributed by atoms with E-state index >= 15 is 0 Å². The van der Waals surface area contributed by atoms with E-state index < -0.39 is 0 Å². The number of para-hydroxylation sites is 1. The number of carbonyl (C=O) groups is 1. The number of hydrogen-bond acceptors (Lipinski definition) is 4. The monoisotopic (exact) mass is 482 g/mol. The minimum absolute atomic E-state index is 0. The maximum absolute atomic E-state index is 14.0. The highest BCUT2D eigenvalue weighted by molar-refractivity contribution is 5.94. The van der Waals surface area contributed by atoms with Gasteiger partial charge in [-0.2, -0.15) is 0 Å². The normalized spacial score (nSPS) is 22.2. The van der Waals surface area contributed by atoms with Crippen LogP contribution < -0.4 is 21.1 Å². The molecule has 9 heteroatoms. The molecule has 0 radical (unpaired) electrons. The Morgan fingerprint density at radius 3 is 2.56 bits per heavy atom. The standard InChI is InChI=1S/C23H27FN4O2.2ClH/c24-19-3-1-2-4-21(19)27-9-7-17(8-10-27)26-22(29)18-5-6-20-16-11-15(12-25-13-16)14-28(20)23(18)30;;/h1-6,15-17,25H,7-14H2,(H,26,29);2*1H/t15-,16+;;/m0../s1. The number of piperidine rings is 2. The molecular formula is C23H29Cl2FN4O2. The van der Waals surface area contributed by atoms with Crippen LogP contribution in [0.2, 0.25) is 0 Å². The number of benzene rings is 1. The zero-order valence-electron chi connectivity index (χ0n) is 17.8. The number of halogens is 3. The number of anilines is 1. The average molecular weight is 483 g/mol. The Kier molecular flexibility index (Phi) is 7.85. The van der Waals surface area contributed by atoms with Crippen molar-refractivity contribution < 1.29 is 9.18 Å². The highest BCUT2D eigenvalue weighted by Crippen LogP contribution is 2.31. The summed E-state index contributed by atoms with van der Waals surface area (Å²) in [7, 11) is 0. The fourth-order valence-electron chi connectivity index (χ4n) is 5.20. The lowest BCUT2D eigenvalue weighted by molar-refractivity contribution is 0.0928. The van der Waals surface area contributed by atoms with E-state index in [4.69, 9.17) is 0 Å². The van der Waals surface area contributed by atoms with Gasteiger partial charge in [0, 0.05) is 43.8 Å². The zero-order valence-corrected chi connectivity index (χ0v) is 19.4. The van der Waals surface area contributed by atoms with Gasteiger partial charge >= 0.3 is 0 Å². The predicted molar refractivity (Wildman–Crippen MR) is 128 cm³/mol. The number of hydrogen-bond donors (Lipinski definition) is 2. The number of nitrogens with one attached hydrogen (secondary N) is 2. The third-order valence-corrected chi connectivity index (χ3v) is 6.78. The summed E-state index contributed by atoms with van der Waals surface area (Å²) >= 11 is 0. The summed E-state index contributed by atoms with van der Waals surface area (Å²) in [6.45, 7) is 3.85. The van der Waals surface area contributed by atoms with Crippen LogP contribution in [-0.2, 0) is 6.54 Å². The number of rotatable bonds is 3. The summed E-state index contributed by atoms with van der Waals surface area (Å²) in [5.41, 5.74) is 1.70. The molecule has 2 aromatic rings. The van der Waals surface area contributed by atoms with Gasteiger partial charge in [-0.15, -0.1) is 24.8 Å². The van der Waals surface area contributed by atoms with Gasteiger partial charge in [-0.25, -0.2) is 4.39 Å². The van der Waals surface area contributed by atoms with Crippen molar-refractivity contribution in [3.05, 3.63) is 63.8 Å². The van der Waals surface area contributed by atoms with Crippen molar-refractivity contribution in [1.29, 1.82) is 0 Å². The van der Waals surface area contributed by atoms with Crippen LogP contribution in [-0.4, -0.2) is 42.7 Å². The molecule has 1 amide bonds. The maximum atomic E-state index is 14.0. The van der Waals surface area contributed by atoms with Crippen LogP contribution in [0.15, 0.2) is 41.2 Å². The molecule has 3 aliphatic rings. The van der Waals surface area contributed by atoms with E-state index in [-0.39, 0.29) is 53.7 Å². The largest absolute Gasteiger partial charge is 0.369 e. The molecule has 174 valence electrons. The first kappa shape index (κ1) is 24.6. The highest BCUT2D eigenvalue weighted by Gasteiger charge is 2.32. The fourth-order valence-corrected chi connectivity index (χ4v) is 5.20. The van der Waals surface area contributed by atoms with E-state index in [1.54, 1.807) is 18.2 Å². The summed E-state index contributed by atoms with van der Waals surface area (Å²) in [5, 5.41) is 6.47. The Morgan fingerprint density at radius 1 is 1.06 bits per heavy atom. The molecule has 0 unspecified atom stereocenters. The Balaban J connectivity index is 0.00000144. The minimum Gasteiger partial charge on any atom is -0.369 e. The maximum Gasteiger partial charge on any atom is 0.263 e. The van der Waals surface area contributed by atoms with E-state index in [2.05, 4.69) is 10.6 Å². The lowest BCUT2D eigenvalue weighted by Gasteiger charge is -2.37. The van der Waals surface area contributed by atoms with Crippen molar-refractivity contribution in [2.24, 2.45) is 5.92 Å². The number of carbonyl (C=O) groups excluding carboxylic acids is 1. The molecule has 2 N–H and O–H groups in total. The second-order valence-electron chi connectivity index (χ2n) is 8.73. The smallest absolute Gasteiger partial charge is 0.263 e. The molecule has 2 fully saturated rings. The van der Waals surface area contributed by atoms with Crippen LogP contribution in [0.3, 0.4) is 0 Å². The fraction of sp³-hybridized carbons (Fsp3) is 0.478. The van der Waals surface area contributed by atoms with E-state index in [9.17, 15) is 14.0 Å². The molecule has 32 heavy (non-hydrogen) atoms. The van der Waals surface area contributed by atoms with E-state index in [1.807, 2.05) is 21.6 Å². The summed E-state index contributed by atoms with van der Waals surface area (Å²) in [4.78, 5) is 27.9. The van der Waals surface area contributed by atoms with Gasteiger partial charge < -0.3 is 20.1 Å². The van der Waals surface area contributed by atoms with Gasteiger partial charge in [0.2, 0.25) is 0 Å². The Morgan fingerprint density at radius 2 is 1.81 bits per heavy atom. The van der Waals surface area contributed by atoms with Gasteiger partial charge in [-0.1, -0.05) is 12.1 Å². The predicted octanol–water partition coefficient (Wildman–Crippen LogP) is 2.94. The number of aromatic nitrogens is 1. The van der Waals surface area contributed by atoms with Crippen molar-refractivity contribution >= 4 is 36.4 Å². The van der Waals surface area contributed by atoms with Gasteiger partial charge in [0.05, 0.1) is 5.69 Å². The molecule has 2 bridgehead atoms. The Labute approximate surface area is 199 Å². The summed E-state index contributed by atoms with van der Waals surface area (Å²) < 4.78 is 15.8. The summed E-state index contributed by atoms with van der Waals surface area (Å²) in [5.74, 6) is 0.288. The van der Waals surface area contributed by atoms with Gasteiger partial charge in [-0.3, -0.25) is 9.59 Å². The van der Waals surface area contributed by atoms with Crippen LogP contribution in [0.25, 0.3) is 0 Å². The lowest BCUT2D eigenvalue weighted by Crippen LogP contribution is -2.48. The third kappa shape index (κ3) is 4.65. The van der Waals surface area contributed by atoms with Crippen molar-refractivity contribution in [3.63, 3.8) is 0 Å². The summed E-state index contributed by atoms with van der Waals surface area (Å²) in [6, 6.07) is 10.4. The molecule has 1 aromatic carbocycles. The summed E-state index contributed by atoms with van der Waals surface area (Å²) in [6.07, 6.45) is 2.56. The van der Waals surface area contributed by atoms with Gasteiger partial charge in [0.15, 0.2) is 0 Å². The second kappa shape index (κ2) is 10.2. The number of fused-ring (bicyclic) bond motifs is 4. The van der Waals surface area contributed by atoms with Crippen molar-refractivity contribution in [2.75, 3.05) is 31.1 Å². The topological polar surface area (TPSA) is 66.4 Å². The van der Waals surface area contributed by atoms with Crippen LogP contribution in [0.5, 0.6) is 0 Å². The molecule has 1 aromatic heterocycles. The molecule has 2 atom stereocenters. The molecule has 4 heterocycles. The molecular weight excluding hydrogens is 454 g/mol. The van der Waals surface area contributed by atoms with Gasteiger partial charge in [0.1, 0.15) is 11.4 Å². The molecule has 5 rings (SSSR count). The minimum atomic E-state index is -0.298. The molecule has 0 spiro atoms. The number of pyridine rings is 1. The first-order valence-electron chi connectivity index (χ1n) is 10.8. The number of nitrogens with zero attached hydrogens (tertiary/aromatic N) is 2. The first-order chi connectivity index (χ1) is 14.6. The first-order valence-corrected chi connectivity index (χ1v) is 10.8. The molecule has 3 aliphatic heterocycles. The van der Waals surface area contributed by atoms with Crippen LogP contribution >= 0.6 is 24.8 Å². The quantitative estimate of drug-likeness (QED) is 0.705. The van der Waals surface area contributed by atoms with Crippen molar-refractivity contribution in [2.45, 2.75) is 37.8 Å². The SMILES string of the molecule is Cl.Cl.O=C(NC1CCN(c2ccccc2F)CC1)c1ccc2n(c1=O)C[C@@H]1CNC[C@H]2C1. The number of amides is 1. The Hall–Kier alpha value is -2.09. The molecule has 0 aliphatic carbocycles. The molecule has 0 saturated carbocycles. The molecule has 2 saturated heterocycles. The van der Waals surface area contributed by atoms with Crippen molar-refractivity contribution in [3.8, 4) is 0 Å². The van der Waals surface area contributed by atoms with Crippen LogP contribution in [0.4, 0.5) is 10.1 Å². The lowest BCUT2D eigenvalue weighted by atomic mass is 9.84. The van der Waals surface area contributed by atoms with Crippen LogP contribution in [0, 0.1) is 11.7 Å². The van der Waals surface area contributed by atoms with Gasteiger partial charge in [0.25, 0.3) is 11.5 Å². The molecule has 6 nitrogen and oxygen atoms in total. The van der Waals surface area contributed by atoms with E-state index in [1.165, 1.54) is 6.07 Å². The zero-order chi connectivity index (χ0) is 20.7.